The highest BCUT2D eigenvalue weighted by atomic mass is 16.4. The molecule has 20 heavy (non-hydrogen) atoms. The normalized spacial score (nSPS) is 14.9. The van der Waals surface area contributed by atoms with E-state index >= 15 is 0 Å². The highest BCUT2D eigenvalue weighted by Gasteiger charge is 2.30. The van der Waals surface area contributed by atoms with Crippen LogP contribution in [0.1, 0.15) is 37.2 Å². The predicted molar refractivity (Wildman–Crippen MR) is 77.4 cm³/mol. The Hall–Kier alpha value is -2.04. The van der Waals surface area contributed by atoms with Crippen molar-refractivity contribution in [3.63, 3.8) is 0 Å². The fourth-order valence-corrected chi connectivity index (χ4v) is 2.50. The molecular weight excluding hydrogens is 254 g/mol. The SMILES string of the molecule is CC(C)N(CC1CC1)c1nc2ccccn2c1C(=O)O. The van der Waals surface area contributed by atoms with Crippen LogP contribution in [0, 0.1) is 5.92 Å². The Balaban J connectivity index is 2.12. The number of anilines is 1. The van der Waals surface area contributed by atoms with Gasteiger partial charge in [0.25, 0.3) is 0 Å². The summed E-state index contributed by atoms with van der Waals surface area (Å²) >= 11 is 0. The maximum absolute atomic E-state index is 11.6. The second-order valence-corrected chi connectivity index (χ2v) is 5.71. The summed E-state index contributed by atoms with van der Waals surface area (Å²) in [5.74, 6) is 0.342. The second-order valence-electron chi connectivity index (χ2n) is 5.71. The van der Waals surface area contributed by atoms with Crippen LogP contribution in [-0.4, -0.2) is 33.0 Å². The number of hydrogen-bond donors (Lipinski definition) is 1. The van der Waals surface area contributed by atoms with Crippen LogP contribution in [0.3, 0.4) is 0 Å². The number of fused-ring (bicyclic) bond motifs is 1. The number of aromatic carboxylic acids is 1. The first-order valence-electron chi connectivity index (χ1n) is 7.05. The van der Waals surface area contributed by atoms with E-state index < -0.39 is 5.97 Å². The van der Waals surface area contributed by atoms with Gasteiger partial charge in [0.2, 0.25) is 0 Å². The van der Waals surface area contributed by atoms with E-state index in [9.17, 15) is 9.90 Å². The standard InChI is InChI=1S/C15H19N3O2/c1-10(2)18(9-11-6-7-11)14-13(15(19)20)17-8-4-3-5-12(17)16-14/h3-5,8,10-11H,6-7,9H2,1-2H3,(H,19,20). The van der Waals surface area contributed by atoms with Crippen molar-refractivity contribution in [2.24, 2.45) is 5.92 Å². The lowest BCUT2D eigenvalue weighted by Crippen LogP contribution is -2.34. The lowest BCUT2D eigenvalue weighted by atomic mass is 10.2. The number of carboxylic acids is 1. The van der Waals surface area contributed by atoms with Crippen LogP contribution in [0.15, 0.2) is 24.4 Å². The minimum Gasteiger partial charge on any atom is -0.476 e. The van der Waals surface area contributed by atoms with Gasteiger partial charge in [-0.25, -0.2) is 9.78 Å². The quantitative estimate of drug-likeness (QED) is 0.910. The molecule has 1 saturated carbocycles. The smallest absolute Gasteiger partial charge is 0.356 e. The van der Waals surface area contributed by atoms with E-state index in [0.29, 0.717) is 17.4 Å². The fourth-order valence-electron chi connectivity index (χ4n) is 2.50. The first-order chi connectivity index (χ1) is 9.58. The van der Waals surface area contributed by atoms with Crippen LogP contribution in [0.5, 0.6) is 0 Å². The summed E-state index contributed by atoms with van der Waals surface area (Å²) in [5.41, 5.74) is 0.941. The summed E-state index contributed by atoms with van der Waals surface area (Å²) in [6.45, 7) is 5.05. The molecule has 1 aliphatic carbocycles. The molecule has 1 fully saturated rings. The van der Waals surface area contributed by atoms with Crippen molar-refractivity contribution >= 4 is 17.4 Å². The molecule has 0 atom stereocenters. The zero-order valence-corrected chi connectivity index (χ0v) is 11.8. The van der Waals surface area contributed by atoms with Gasteiger partial charge in [0.1, 0.15) is 5.65 Å². The summed E-state index contributed by atoms with van der Waals surface area (Å²) in [5, 5.41) is 9.55. The number of imidazole rings is 1. The van der Waals surface area contributed by atoms with Crippen molar-refractivity contribution in [2.75, 3.05) is 11.4 Å². The molecule has 0 spiro atoms. The van der Waals surface area contributed by atoms with Crippen LogP contribution in [0.25, 0.3) is 5.65 Å². The van der Waals surface area contributed by atoms with Gasteiger partial charge in [-0.1, -0.05) is 6.07 Å². The van der Waals surface area contributed by atoms with Gasteiger partial charge >= 0.3 is 5.97 Å². The van der Waals surface area contributed by atoms with Crippen LogP contribution < -0.4 is 4.90 Å². The monoisotopic (exact) mass is 273 g/mol. The molecule has 0 aromatic carbocycles. The van der Waals surface area contributed by atoms with E-state index in [0.717, 1.165) is 6.54 Å². The van der Waals surface area contributed by atoms with Crippen molar-refractivity contribution in [1.82, 2.24) is 9.38 Å². The van der Waals surface area contributed by atoms with Crippen molar-refractivity contribution in [3.05, 3.63) is 30.1 Å². The minimum atomic E-state index is -0.930. The topological polar surface area (TPSA) is 57.8 Å². The number of carbonyl (C=O) groups is 1. The highest BCUT2D eigenvalue weighted by molar-refractivity contribution is 5.93. The molecule has 0 amide bonds. The van der Waals surface area contributed by atoms with Crippen LogP contribution >= 0.6 is 0 Å². The summed E-state index contributed by atoms with van der Waals surface area (Å²) in [7, 11) is 0. The molecule has 1 N–H and O–H groups in total. The van der Waals surface area contributed by atoms with Gasteiger partial charge < -0.3 is 10.0 Å². The van der Waals surface area contributed by atoms with Crippen LogP contribution in [0.2, 0.25) is 0 Å². The molecule has 0 bridgehead atoms. The zero-order valence-electron chi connectivity index (χ0n) is 11.8. The molecule has 2 aromatic rings. The van der Waals surface area contributed by atoms with Gasteiger partial charge in [0.15, 0.2) is 11.5 Å². The van der Waals surface area contributed by atoms with Crippen molar-refractivity contribution in [3.8, 4) is 0 Å². The average Bonchev–Trinajstić information content (AvgIpc) is 3.13. The van der Waals surface area contributed by atoms with Gasteiger partial charge in [-0.15, -0.1) is 0 Å². The molecule has 0 saturated heterocycles. The number of hydrogen-bond acceptors (Lipinski definition) is 3. The Bertz CT molecular complexity index is 644. The van der Waals surface area contributed by atoms with Crippen molar-refractivity contribution in [1.29, 1.82) is 0 Å². The van der Waals surface area contributed by atoms with E-state index in [1.165, 1.54) is 12.8 Å². The fraction of sp³-hybridized carbons (Fsp3) is 0.467. The summed E-state index contributed by atoms with van der Waals surface area (Å²) < 4.78 is 1.65. The molecule has 1 aliphatic rings. The molecule has 0 aliphatic heterocycles. The van der Waals surface area contributed by atoms with E-state index in [2.05, 4.69) is 23.7 Å². The first-order valence-corrected chi connectivity index (χ1v) is 7.05. The van der Waals surface area contributed by atoms with Crippen molar-refractivity contribution in [2.45, 2.75) is 32.7 Å². The van der Waals surface area contributed by atoms with Crippen LogP contribution in [-0.2, 0) is 0 Å². The molecule has 2 heterocycles. The number of rotatable bonds is 5. The average molecular weight is 273 g/mol. The molecular formula is C15H19N3O2. The summed E-state index contributed by atoms with van der Waals surface area (Å²) in [6.07, 6.45) is 4.23. The lowest BCUT2D eigenvalue weighted by molar-refractivity contribution is 0.0690. The summed E-state index contributed by atoms with van der Waals surface area (Å²) in [4.78, 5) is 18.3. The second kappa shape index (κ2) is 4.81. The van der Waals surface area contributed by atoms with E-state index in [4.69, 9.17) is 0 Å². The molecule has 0 unspecified atom stereocenters. The minimum absolute atomic E-state index is 0.235. The number of pyridine rings is 1. The lowest BCUT2D eigenvalue weighted by Gasteiger charge is -2.27. The molecule has 3 rings (SSSR count). The number of aromatic nitrogens is 2. The third kappa shape index (κ3) is 2.24. The van der Waals surface area contributed by atoms with Crippen molar-refractivity contribution < 1.29 is 9.90 Å². The zero-order chi connectivity index (χ0) is 14.3. The molecule has 0 radical (unpaired) electrons. The maximum atomic E-state index is 11.6. The first kappa shape index (κ1) is 13.0. The molecule has 5 nitrogen and oxygen atoms in total. The Labute approximate surface area is 117 Å². The van der Waals surface area contributed by atoms with E-state index in [1.54, 1.807) is 10.6 Å². The molecule has 2 aromatic heterocycles. The Morgan fingerprint density at radius 2 is 2.25 bits per heavy atom. The highest BCUT2D eigenvalue weighted by Crippen LogP contribution is 2.33. The number of carboxylic acid groups (broad SMARTS) is 1. The Morgan fingerprint density at radius 3 is 2.85 bits per heavy atom. The largest absolute Gasteiger partial charge is 0.476 e. The summed E-state index contributed by atoms with van der Waals surface area (Å²) in [6, 6.07) is 5.77. The van der Waals surface area contributed by atoms with Gasteiger partial charge in [-0.2, -0.15) is 0 Å². The van der Waals surface area contributed by atoms with Gasteiger partial charge in [0, 0.05) is 18.8 Å². The Kier molecular flexibility index (Phi) is 3.12. The molecule has 106 valence electrons. The van der Waals surface area contributed by atoms with Gasteiger partial charge in [-0.3, -0.25) is 4.40 Å². The van der Waals surface area contributed by atoms with Gasteiger partial charge in [-0.05, 0) is 44.7 Å². The maximum Gasteiger partial charge on any atom is 0.356 e. The van der Waals surface area contributed by atoms with E-state index in [1.807, 2.05) is 18.2 Å². The third-order valence-electron chi connectivity index (χ3n) is 3.76. The molecule has 5 heteroatoms. The Morgan fingerprint density at radius 1 is 1.50 bits per heavy atom. The predicted octanol–water partition coefficient (Wildman–Crippen LogP) is 2.66. The third-order valence-corrected chi connectivity index (χ3v) is 3.76. The van der Waals surface area contributed by atoms with Gasteiger partial charge in [0.05, 0.1) is 0 Å². The van der Waals surface area contributed by atoms with Crippen LogP contribution in [0.4, 0.5) is 5.82 Å². The number of nitrogens with zero attached hydrogens (tertiary/aromatic N) is 3. The van der Waals surface area contributed by atoms with E-state index in [-0.39, 0.29) is 11.7 Å².